The molecule has 2 N–H and O–H groups in total. The Morgan fingerprint density at radius 1 is 1.23 bits per heavy atom. The summed E-state index contributed by atoms with van der Waals surface area (Å²) in [5.41, 5.74) is 1.17. The minimum atomic E-state index is -1.08. The number of nitrogens with one attached hydrogen (secondary N) is 2. The predicted octanol–water partition coefficient (Wildman–Crippen LogP) is 3.10. The molecule has 1 heterocycles. The van der Waals surface area contributed by atoms with Crippen molar-refractivity contribution < 1.29 is 18.3 Å². The molecule has 0 aliphatic carbocycles. The standard InChI is InChI=1S/C15H11F2N3O2/c1-22-14-6-12-9(7-18-20-12)5-13(14)19-15(21)8-2-3-10(16)11(17)4-8/h2-7H,1H3,(H,18,20)(H,19,21). The van der Waals surface area contributed by atoms with E-state index in [1.54, 1.807) is 18.3 Å². The fourth-order valence-electron chi connectivity index (χ4n) is 2.07. The number of halogens is 2. The van der Waals surface area contributed by atoms with Crippen LogP contribution in [-0.4, -0.2) is 23.2 Å². The molecule has 3 aromatic rings. The topological polar surface area (TPSA) is 67.0 Å². The Kier molecular flexibility index (Phi) is 3.46. The van der Waals surface area contributed by atoms with E-state index in [4.69, 9.17) is 4.74 Å². The van der Waals surface area contributed by atoms with Gasteiger partial charge in [-0.1, -0.05) is 0 Å². The average molecular weight is 303 g/mol. The molecule has 22 heavy (non-hydrogen) atoms. The maximum Gasteiger partial charge on any atom is 0.255 e. The molecule has 0 saturated heterocycles. The van der Waals surface area contributed by atoms with Gasteiger partial charge in [0.05, 0.1) is 24.5 Å². The van der Waals surface area contributed by atoms with Crippen molar-refractivity contribution in [2.45, 2.75) is 0 Å². The van der Waals surface area contributed by atoms with Crippen molar-refractivity contribution in [2.75, 3.05) is 12.4 Å². The minimum absolute atomic E-state index is 0.00763. The van der Waals surface area contributed by atoms with Gasteiger partial charge in [0.25, 0.3) is 5.91 Å². The number of anilines is 1. The molecule has 1 amide bonds. The highest BCUT2D eigenvalue weighted by atomic mass is 19.2. The zero-order valence-corrected chi connectivity index (χ0v) is 11.5. The number of aromatic nitrogens is 2. The largest absolute Gasteiger partial charge is 0.494 e. The first kappa shape index (κ1) is 14.0. The molecule has 0 spiro atoms. The number of carbonyl (C=O) groups is 1. The van der Waals surface area contributed by atoms with Gasteiger partial charge in [-0.15, -0.1) is 0 Å². The van der Waals surface area contributed by atoms with Crippen LogP contribution in [0.1, 0.15) is 10.4 Å². The number of fused-ring (bicyclic) bond motifs is 1. The maximum atomic E-state index is 13.2. The lowest BCUT2D eigenvalue weighted by Crippen LogP contribution is -2.13. The number of carbonyl (C=O) groups excluding carboxylic acids is 1. The number of hydrogen-bond donors (Lipinski definition) is 2. The number of rotatable bonds is 3. The van der Waals surface area contributed by atoms with Crippen molar-refractivity contribution in [1.29, 1.82) is 0 Å². The number of nitrogens with zero attached hydrogens (tertiary/aromatic N) is 1. The molecule has 0 fully saturated rings. The van der Waals surface area contributed by atoms with E-state index in [0.29, 0.717) is 11.4 Å². The molecule has 0 atom stereocenters. The molecule has 7 heteroatoms. The molecule has 5 nitrogen and oxygen atoms in total. The van der Waals surface area contributed by atoms with Crippen LogP contribution < -0.4 is 10.1 Å². The molecule has 2 aromatic carbocycles. The van der Waals surface area contributed by atoms with Crippen molar-refractivity contribution in [3.8, 4) is 5.75 Å². The summed E-state index contributed by atoms with van der Waals surface area (Å²) in [7, 11) is 1.46. The van der Waals surface area contributed by atoms with E-state index in [9.17, 15) is 13.6 Å². The quantitative estimate of drug-likeness (QED) is 0.781. The molecule has 0 radical (unpaired) electrons. The molecule has 112 valence electrons. The van der Waals surface area contributed by atoms with E-state index < -0.39 is 17.5 Å². The van der Waals surface area contributed by atoms with Crippen LogP contribution in [0.5, 0.6) is 5.75 Å². The highest BCUT2D eigenvalue weighted by Crippen LogP contribution is 2.29. The van der Waals surface area contributed by atoms with Crippen LogP contribution in [0.25, 0.3) is 10.9 Å². The molecule has 0 unspecified atom stereocenters. The first-order valence-corrected chi connectivity index (χ1v) is 6.36. The van der Waals surface area contributed by atoms with Gasteiger partial charge >= 0.3 is 0 Å². The Morgan fingerprint density at radius 3 is 2.77 bits per heavy atom. The number of ether oxygens (including phenoxy) is 1. The Labute approximate surface area is 123 Å². The fourth-order valence-corrected chi connectivity index (χ4v) is 2.07. The monoisotopic (exact) mass is 303 g/mol. The Morgan fingerprint density at radius 2 is 2.05 bits per heavy atom. The van der Waals surface area contributed by atoms with Gasteiger partial charge < -0.3 is 10.1 Å². The first-order chi connectivity index (χ1) is 10.6. The molecular weight excluding hydrogens is 292 g/mol. The average Bonchev–Trinajstić information content (AvgIpc) is 2.96. The lowest BCUT2D eigenvalue weighted by Gasteiger charge is -2.10. The minimum Gasteiger partial charge on any atom is -0.494 e. The highest BCUT2D eigenvalue weighted by Gasteiger charge is 2.13. The maximum absolute atomic E-state index is 13.2. The Bertz CT molecular complexity index is 861. The predicted molar refractivity (Wildman–Crippen MR) is 77.0 cm³/mol. The highest BCUT2D eigenvalue weighted by molar-refractivity contribution is 6.06. The summed E-state index contributed by atoms with van der Waals surface area (Å²) in [5, 5.41) is 10.1. The van der Waals surface area contributed by atoms with E-state index in [1.165, 1.54) is 13.2 Å². The van der Waals surface area contributed by atoms with Crippen molar-refractivity contribution in [1.82, 2.24) is 10.2 Å². The van der Waals surface area contributed by atoms with Crippen molar-refractivity contribution in [2.24, 2.45) is 0 Å². The summed E-state index contributed by atoms with van der Waals surface area (Å²) in [5.74, 6) is -2.23. The van der Waals surface area contributed by atoms with Gasteiger partial charge in [-0.3, -0.25) is 9.89 Å². The third-order valence-corrected chi connectivity index (χ3v) is 3.19. The molecule has 0 aliphatic heterocycles. The first-order valence-electron chi connectivity index (χ1n) is 6.36. The Balaban J connectivity index is 1.94. The number of methoxy groups -OCH3 is 1. The lowest BCUT2D eigenvalue weighted by molar-refractivity contribution is 0.102. The summed E-state index contributed by atoms with van der Waals surface area (Å²) in [6, 6.07) is 6.31. The summed E-state index contributed by atoms with van der Waals surface area (Å²) < 4.78 is 31.3. The summed E-state index contributed by atoms with van der Waals surface area (Å²) in [6.45, 7) is 0. The second-order valence-electron chi connectivity index (χ2n) is 4.59. The van der Waals surface area contributed by atoms with Crippen LogP contribution in [0.4, 0.5) is 14.5 Å². The molecule has 1 aromatic heterocycles. The van der Waals surface area contributed by atoms with Crippen molar-refractivity contribution in [3.63, 3.8) is 0 Å². The molecule has 3 rings (SSSR count). The lowest BCUT2D eigenvalue weighted by atomic mass is 10.1. The Hall–Kier alpha value is -2.96. The molecule has 0 bridgehead atoms. The van der Waals surface area contributed by atoms with Gasteiger partial charge in [-0.25, -0.2) is 8.78 Å². The SMILES string of the molecule is COc1cc2[nH]ncc2cc1NC(=O)c1ccc(F)c(F)c1. The van der Waals surface area contributed by atoms with Crippen LogP contribution >= 0.6 is 0 Å². The number of aromatic amines is 1. The van der Waals surface area contributed by atoms with Gasteiger partial charge in [-0.2, -0.15) is 5.10 Å². The number of hydrogen-bond acceptors (Lipinski definition) is 3. The smallest absolute Gasteiger partial charge is 0.255 e. The van der Waals surface area contributed by atoms with Crippen LogP contribution in [0.2, 0.25) is 0 Å². The van der Waals surface area contributed by atoms with E-state index >= 15 is 0 Å². The van der Waals surface area contributed by atoms with Crippen LogP contribution in [0.15, 0.2) is 36.5 Å². The summed E-state index contributed by atoms with van der Waals surface area (Å²) in [6.07, 6.45) is 1.60. The van der Waals surface area contributed by atoms with E-state index in [-0.39, 0.29) is 5.56 Å². The fraction of sp³-hybridized carbons (Fsp3) is 0.0667. The van der Waals surface area contributed by atoms with Crippen LogP contribution in [0.3, 0.4) is 0 Å². The van der Waals surface area contributed by atoms with Gasteiger partial charge in [0.15, 0.2) is 11.6 Å². The third-order valence-electron chi connectivity index (χ3n) is 3.19. The zero-order chi connectivity index (χ0) is 15.7. The van der Waals surface area contributed by atoms with Gasteiger partial charge in [0.2, 0.25) is 0 Å². The third kappa shape index (κ3) is 2.48. The molecule has 0 saturated carbocycles. The van der Waals surface area contributed by atoms with Crippen LogP contribution in [-0.2, 0) is 0 Å². The van der Waals surface area contributed by atoms with E-state index in [1.807, 2.05) is 0 Å². The molecular formula is C15H11F2N3O2. The van der Waals surface area contributed by atoms with Crippen LogP contribution in [0, 0.1) is 11.6 Å². The molecule has 0 aliphatic rings. The number of amides is 1. The van der Waals surface area contributed by atoms with Gasteiger partial charge in [0, 0.05) is 17.0 Å². The summed E-state index contributed by atoms with van der Waals surface area (Å²) in [4.78, 5) is 12.1. The van der Waals surface area contributed by atoms with Crippen molar-refractivity contribution >= 4 is 22.5 Å². The second-order valence-corrected chi connectivity index (χ2v) is 4.59. The number of H-pyrrole nitrogens is 1. The van der Waals surface area contributed by atoms with Gasteiger partial charge in [0.1, 0.15) is 5.75 Å². The number of benzene rings is 2. The normalized spacial score (nSPS) is 10.7. The van der Waals surface area contributed by atoms with Gasteiger partial charge in [-0.05, 0) is 24.3 Å². The summed E-state index contributed by atoms with van der Waals surface area (Å²) >= 11 is 0. The van der Waals surface area contributed by atoms with E-state index in [2.05, 4.69) is 15.5 Å². The van der Waals surface area contributed by atoms with Crippen molar-refractivity contribution in [3.05, 3.63) is 53.7 Å². The second kappa shape index (κ2) is 5.44. The van der Waals surface area contributed by atoms with E-state index in [0.717, 1.165) is 23.0 Å². The zero-order valence-electron chi connectivity index (χ0n) is 11.5.